The van der Waals surface area contributed by atoms with Crippen LogP contribution in [0.25, 0.3) is 5.52 Å². The number of nitrogens with zero attached hydrogens (tertiary/aromatic N) is 3. The Balaban J connectivity index is 2.19. The van der Waals surface area contributed by atoms with Crippen LogP contribution in [0.3, 0.4) is 0 Å². The molecule has 0 saturated carbocycles. The average Bonchev–Trinajstić information content (AvgIpc) is 2.95. The lowest BCUT2D eigenvalue weighted by Gasteiger charge is -2.35. The van der Waals surface area contributed by atoms with Crippen LogP contribution in [0.5, 0.6) is 0 Å². The zero-order valence-corrected chi connectivity index (χ0v) is 11.8. The number of aliphatic hydroxyl groups is 3. The minimum Gasteiger partial charge on any atom is -0.394 e. The number of hydrogen-bond donors (Lipinski definition) is 4. The van der Waals surface area contributed by atoms with Crippen molar-refractivity contribution in [1.29, 1.82) is 0 Å². The van der Waals surface area contributed by atoms with Crippen LogP contribution in [0.15, 0.2) is 18.5 Å². The van der Waals surface area contributed by atoms with E-state index in [2.05, 4.69) is 10.1 Å². The van der Waals surface area contributed by atoms with Crippen molar-refractivity contribution in [1.82, 2.24) is 14.6 Å². The summed E-state index contributed by atoms with van der Waals surface area (Å²) in [5, 5.41) is 34.3. The Kier molecular flexibility index (Phi) is 2.96. The molecule has 0 spiro atoms. The highest BCUT2D eigenvalue weighted by atomic mass is 16.6. The number of nitrogens with two attached hydrogens (primary N) is 1. The highest BCUT2D eigenvalue weighted by molar-refractivity contribution is 5.65. The molecule has 21 heavy (non-hydrogen) atoms. The molecule has 1 saturated heterocycles. The molecule has 0 aliphatic carbocycles. The van der Waals surface area contributed by atoms with E-state index >= 15 is 0 Å². The highest BCUT2D eigenvalue weighted by Crippen LogP contribution is 2.47. The molecule has 2 aromatic rings. The second kappa shape index (κ2) is 4.38. The van der Waals surface area contributed by atoms with E-state index in [1.807, 2.05) is 0 Å². The maximum atomic E-state index is 10.7. The van der Waals surface area contributed by atoms with Crippen LogP contribution in [-0.2, 0) is 10.3 Å². The number of hydrogen-bond acceptors (Lipinski definition) is 7. The molecule has 2 aromatic heterocycles. The lowest BCUT2D eigenvalue weighted by Crippen LogP contribution is -2.51. The third-order valence-corrected chi connectivity index (χ3v) is 4.43. The largest absolute Gasteiger partial charge is 0.394 e. The fraction of sp³-hybridized carbons (Fsp3) is 0.538. The summed E-state index contributed by atoms with van der Waals surface area (Å²) in [7, 11) is 0. The zero-order valence-electron chi connectivity index (χ0n) is 11.8. The van der Waals surface area contributed by atoms with E-state index in [9.17, 15) is 15.3 Å². The molecule has 1 aliphatic heterocycles. The predicted octanol–water partition coefficient (Wildman–Crippen LogP) is -0.970. The lowest BCUT2D eigenvalue weighted by atomic mass is 9.81. The van der Waals surface area contributed by atoms with Crippen molar-refractivity contribution >= 4 is 11.3 Å². The van der Waals surface area contributed by atoms with Gasteiger partial charge < -0.3 is 25.8 Å². The molecule has 1 fully saturated rings. The van der Waals surface area contributed by atoms with Gasteiger partial charge in [-0.15, -0.1) is 0 Å². The summed E-state index contributed by atoms with van der Waals surface area (Å²) in [6.07, 6.45) is -0.800. The number of ether oxygens (including phenoxy) is 1. The first-order valence-corrected chi connectivity index (χ1v) is 6.60. The van der Waals surface area contributed by atoms with Gasteiger partial charge in [-0.1, -0.05) is 0 Å². The third-order valence-electron chi connectivity index (χ3n) is 4.43. The monoisotopic (exact) mass is 294 g/mol. The Morgan fingerprint density at radius 2 is 2.14 bits per heavy atom. The van der Waals surface area contributed by atoms with Gasteiger partial charge in [-0.2, -0.15) is 5.10 Å². The number of rotatable bonds is 2. The van der Waals surface area contributed by atoms with Crippen molar-refractivity contribution in [2.75, 3.05) is 12.3 Å². The summed E-state index contributed by atoms with van der Waals surface area (Å²) in [4.78, 5) is 3.91. The molecule has 3 rings (SSSR count). The molecule has 1 aliphatic rings. The summed E-state index contributed by atoms with van der Waals surface area (Å²) in [6, 6.07) is 3.43. The van der Waals surface area contributed by atoms with Gasteiger partial charge in [-0.05, 0) is 26.0 Å². The molecule has 114 valence electrons. The number of aromatic nitrogens is 3. The average molecular weight is 294 g/mol. The van der Waals surface area contributed by atoms with Crippen LogP contribution in [0.1, 0.15) is 19.5 Å². The molecule has 0 amide bonds. The molecular weight excluding hydrogens is 276 g/mol. The first-order chi connectivity index (χ1) is 9.83. The third kappa shape index (κ3) is 1.70. The van der Waals surface area contributed by atoms with Gasteiger partial charge in [0.2, 0.25) is 0 Å². The van der Waals surface area contributed by atoms with E-state index in [0.29, 0.717) is 17.0 Å². The summed E-state index contributed by atoms with van der Waals surface area (Å²) in [5.74, 6) is 0.303. The van der Waals surface area contributed by atoms with Crippen LogP contribution >= 0.6 is 0 Å². The van der Waals surface area contributed by atoms with Gasteiger partial charge in [0.15, 0.2) is 5.82 Å². The number of fused-ring (bicyclic) bond motifs is 1. The minimum atomic E-state index is -1.60. The number of aliphatic hydroxyl groups excluding tert-OH is 2. The van der Waals surface area contributed by atoms with E-state index in [0.717, 1.165) is 0 Å². The first-order valence-electron chi connectivity index (χ1n) is 6.60. The molecule has 5 N–H and O–H groups in total. The van der Waals surface area contributed by atoms with Crippen LogP contribution in [0.2, 0.25) is 0 Å². The van der Waals surface area contributed by atoms with E-state index in [-0.39, 0.29) is 0 Å². The second-order valence-corrected chi connectivity index (χ2v) is 5.63. The Hall–Kier alpha value is -1.74. The SMILES string of the molecule is CC1(c2ccc3c(N)ncnn23)O[C@H](CO)[C@@H](O)[C@@]1(C)O. The van der Waals surface area contributed by atoms with Gasteiger partial charge in [0.25, 0.3) is 0 Å². The smallest absolute Gasteiger partial charge is 0.151 e. The summed E-state index contributed by atoms with van der Waals surface area (Å²) >= 11 is 0. The second-order valence-electron chi connectivity index (χ2n) is 5.63. The van der Waals surface area contributed by atoms with Gasteiger partial charge in [-0.3, -0.25) is 0 Å². The van der Waals surface area contributed by atoms with Crippen molar-refractivity contribution in [2.24, 2.45) is 0 Å². The molecule has 0 bridgehead atoms. The van der Waals surface area contributed by atoms with Crippen molar-refractivity contribution in [2.45, 2.75) is 37.3 Å². The fourth-order valence-corrected chi connectivity index (χ4v) is 2.90. The van der Waals surface area contributed by atoms with Gasteiger partial charge in [0, 0.05) is 0 Å². The summed E-state index contributed by atoms with van der Waals surface area (Å²) in [5.41, 5.74) is 4.03. The maximum Gasteiger partial charge on any atom is 0.151 e. The van der Waals surface area contributed by atoms with Gasteiger partial charge >= 0.3 is 0 Å². The minimum absolute atomic E-state index is 0.303. The van der Waals surface area contributed by atoms with E-state index in [4.69, 9.17) is 10.5 Å². The van der Waals surface area contributed by atoms with Gasteiger partial charge in [0.05, 0.1) is 12.3 Å². The number of anilines is 1. The molecule has 8 nitrogen and oxygen atoms in total. The van der Waals surface area contributed by atoms with Crippen LogP contribution in [-0.4, -0.2) is 54.3 Å². The van der Waals surface area contributed by atoms with Crippen molar-refractivity contribution in [3.05, 3.63) is 24.2 Å². The molecule has 4 atom stereocenters. The Labute approximate surface area is 120 Å². The van der Waals surface area contributed by atoms with E-state index in [1.54, 1.807) is 19.1 Å². The lowest BCUT2D eigenvalue weighted by molar-refractivity contribution is -0.133. The zero-order chi connectivity index (χ0) is 15.4. The Bertz CT molecular complexity index is 686. The number of nitrogen functional groups attached to an aromatic ring is 1. The summed E-state index contributed by atoms with van der Waals surface area (Å²) in [6.45, 7) is 2.72. The van der Waals surface area contributed by atoms with Crippen molar-refractivity contribution < 1.29 is 20.1 Å². The quantitative estimate of drug-likeness (QED) is 0.561. The Morgan fingerprint density at radius 3 is 2.76 bits per heavy atom. The van der Waals surface area contributed by atoms with E-state index in [1.165, 1.54) is 17.8 Å². The maximum absolute atomic E-state index is 10.7. The van der Waals surface area contributed by atoms with Crippen LogP contribution < -0.4 is 5.73 Å². The molecule has 8 heteroatoms. The normalized spacial score (nSPS) is 36.4. The highest BCUT2D eigenvalue weighted by Gasteiger charge is 2.61. The van der Waals surface area contributed by atoms with Crippen molar-refractivity contribution in [3.8, 4) is 0 Å². The fourth-order valence-electron chi connectivity index (χ4n) is 2.90. The predicted molar refractivity (Wildman–Crippen MR) is 73.3 cm³/mol. The molecular formula is C13H18N4O4. The van der Waals surface area contributed by atoms with Gasteiger partial charge in [-0.25, -0.2) is 9.50 Å². The van der Waals surface area contributed by atoms with Gasteiger partial charge in [0.1, 0.15) is 35.3 Å². The first kappa shape index (κ1) is 14.2. The molecule has 1 unspecified atom stereocenters. The standard InChI is InChI=1S/C13H18N4O4/c1-12(20)10(19)8(5-18)21-13(12,2)9-4-3-7-11(14)15-6-16-17(7)9/h3-4,6,8,10,18-20H,5H2,1-2H3,(H2,14,15,16)/t8-,10-,12-,13?/m1/s1. The van der Waals surface area contributed by atoms with Crippen molar-refractivity contribution in [3.63, 3.8) is 0 Å². The topological polar surface area (TPSA) is 126 Å². The van der Waals surface area contributed by atoms with Crippen LogP contribution in [0.4, 0.5) is 5.82 Å². The van der Waals surface area contributed by atoms with Crippen LogP contribution in [0, 0.1) is 0 Å². The molecule has 0 aromatic carbocycles. The summed E-state index contributed by atoms with van der Waals surface area (Å²) < 4.78 is 7.26. The Morgan fingerprint density at radius 1 is 1.43 bits per heavy atom. The van der Waals surface area contributed by atoms with E-state index < -0.39 is 30.0 Å². The molecule has 0 radical (unpaired) electrons. The molecule has 3 heterocycles.